The summed E-state index contributed by atoms with van der Waals surface area (Å²) in [6.07, 6.45) is 2.46. The number of carbonyl (C=O) groups is 1. The summed E-state index contributed by atoms with van der Waals surface area (Å²) in [6, 6.07) is 13.7. The molecule has 0 saturated heterocycles. The van der Waals surface area contributed by atoms with E-state index in [-0.39, 0.29) is 11.6 Å². The van der Waals surface area contributed by atoms with Crippen LogP contribution in [0.1, 0.15) is 30.4 Å². The Balaban J connectivity index is 1.80. The van der Waals surface area contributed by atoms with Crippen molar-refractivity contribution in [3.05, 3.63) is 69.8 Å². The Kier molecular flexibility index (Phi) is 4.31. The zero-order chi connectivity index (χ0) is 17.2. The van der Waals surface area contributed by atoms with Crippen molar-refractivity contribution in [2.75, 3.05) is 5.32 Å². The summed E-state index contributed by atoms with van der Waals surface area (Å²) in [7, 11) is 0. The Hall–Kier alpha value is -2.73. The van der Waals surface area contributed by atoms with Gasteiger partial charge in [-0.05, 0) is 36.1 Å². The smallest absolute Gasteiger partial charge is 0.269 e. The molecule has 2 aromatic rings. The number of non-ortho nitro benzene ring substituents is 1. The van der Waals surface area contributed by atoms with Gasteiger partial charge in [0.25, 0.3) is 5.69 Å². The first-order valence-corrected chi connectivity index (χ1v) is 7.90. The van der Waals surface area contributed by atoms with Crippen LogP contribution in [0.2, 0.25) is 0 Å². The lowest BCUT2D eigenvalue weighted by molar-refractivity contribution is -0.384. The molecule has 0 unspecified atom stereocenters. The van der Waals surface area contributed by atoms with Crippen molar-refractivity contribution in [1.29, 1.82) is 0 Å². The third-order valence-corrected chi connectivity index (χ3v) is 4.72. The number of rotatable bonds is 5. The van der Waals surface area contributed by atoms with E-state index in [1.54, 1.807) is 12.1 Å². The van der Waals surface area contributed by atoms with Crippen LogP contribution >= 0.6 is 0 Å². The highest BCUT2D eigenvalue weighted by molar-refractivity contribution is 6.00. The SMILES string of the molecule is NCc1ccc(NC(=O)C2(c3ccc([N+](=O)[O-])cc3)CCC2)cc1. The Bertz CT molecular complexity index is 750. The van der Waals surface area contributed by atoms with Crippen LogP contribution in [0, 0.1) is 10.1 Å². The monoisotopic (exact) mass is 325 g/mol. The zero-order valence-corrected chi connectivity index (χ0v) is 13.2. The summed E-state index contributed by atoms with van der Waals surface area (Å²) in [6.45, 7) is 0.459. The third-order valence-electron chi connectivity index (χ3n) is 4.72. The number of anilines is 1. The third kappa shape index (κ3) is 2.88. The van der Waals surface area contributed by atoms with E-state index < -0.39 is 10.3 Å². The van der Waals surface area contributed by atoms with E-state index in [0.29, 0.717) is 6.54 Å². The number of hydrogen-bond donors (Lipinski definition) is 2. The van der Waals surface area contributed by atoms with E-state index >= 15 is 0 Å². The van der Waals surface area contributed by atoms with Crippen LogP contribution in [0.25, 0.3) is 0 Å². The van der Waals surface area contributed by atoms with Gasteiger partial charge >= 0.3 is 0 Å². The molecule has 6 nitrogen and oxygen atoms in total. The van der Waals surface area contributed by atoms with Crippen LogP contribution in [0.4, 0.5) is 11.4 Å². The second-order valence-electron chi connectivity index (χ2n) is 6.09. The zero-order valence-electron chi connectivity index (χ0n) is 13.2. The summed E-state index contributed by atoms with van der Waals surface area (Å²) < 4.78 is 0. The first kappa shape index (κ1) is 16.1. The molecule has 0 heterocycles. The highest BCUT2D eigenvalue weighted by Crippen LogP contribution is 2.45. The first-order chi connectivity index (χ1) is 11.5. The van der Waals surface area contributed by atoms with Crippen LogP contribution < -0.4 is 11.1 Å². The summed E-state index contributed by atoms with van der Waals surface area (Å²) in [5, 5.41) is 13.7. The van der Waals surface area contributed by atoms with E-state index in [9.17, 15) is 14.9 Å². The van der Waals surface area contributed by atoms with Gasteiger partial charge in [-0.25, -0.2) is 0 Å². The summed E-state index contributed by atoms with van der Waals surface area (Å²) in [4.78, 5) is 23.2. The molecule has 3 N–H and O–H groups in total. The lowest BCUT2D eigenvalue weighted by Gasteiger charge is -2.40. The van der Waals surface area contributed by atoms with Crippen molar-refractivity contribution < 1.29 is 9.72 Å². The molecule has 1 fully saturated rings. The minimum absolute atomic E-state index is 0.0333. The van der Waals surface area contributed by atoms with Gasteiger partial charge in [-0.15, -0.1) is 0 Å². The van der Waals surface area contributed by atoms with Crippen molar-refractivity contribution in [3.8, 4) is 0 Å². The minimum atomic E-state index is -0.596. The molecule has 124 valence electrons. The van der Waals surface area contributed by atoms with Gasteiger partial charge in [0, 0.05) is 24.4 Å². The van der Waals surface area contributed by atoms with Crippen molar-refractivity contribution in [2.24, 2.45) is 5.73 Å². The molecule has 0 spiro atoms. The minimum Gasteiger partial charge on any atom is -0.326 e. The summed E-state index contributed by atoms with van der Waals surface area (Å²) in [5.41, 5.74) is 7.57. The fraction of sp³-hybridized carbons (Fsp3) is 0.278. The van der Waals surface area contributed by atoms with Gasteiger partial charge in [-0.2, -0.15) is 0 Å². The molecule has 3 rings (SSSR count). The topological polar surface area (TPSA) is 98.3 Å². The number of nitrogens with two attached hydrogens (primary N) is 1. The lowest BCUT2D eigenvalue weighted by atomic mass is 9.63. The molecule has 1 aliphatic carbocycles. The maximum atomic E-state index is 12.8. The molecule has 0 aromatic heterocycles. The number of benzene rings is 2. The second kappa shape index (κ2) is 6.41. The predicted molar refractivity (Wildman–Crippen MR) is 91.6 cm³/mol. The van der Waals surface area contributed by atoms with Gasteiger partial charge < -0.3 is 11.1 Å². The van der Waals surface area contributed by atoms with Crippen LogP contribution in [-0.2, 0) is 16.8 Å². The molecular weight excluding hydrogens is 306 g/mol. The van der Waals surface area contributed by atoms with E-state index in [0.717, 1.165) is 36.1 Å². The van der Waals surface area contributed by atoms with Crippen molar-refractivity contribution >= 4 is 17.3 Å². The molecule has 1 amide bonds. The molecule has 0 bridgehead atoms. The molecular formula is C18H19N3O3. The van der Waals surface area contributed by atoms with E-state index in [4.69, 9.17) is 5.73 Å². The number of nitrogens with one attached hydrogen (secondary N) is 1. The molecule has 24 heavy (non-hydrogen) atoms. The largest absolute Gasteiger partial charge is 0.326 e. The quantitative estimate of drug-likeness (QED) is 0.652. The molecule has 0 atom stereocenters. The fourth-order valence-electron chi connectivity index (χ4n) is 3.05. The van der Waals surface area contributed by atoms with E-state index in [2.05, 4.69) is 5.32 Å². The highest BCUT2D eigenvalue weighted by Gasteiger charge is 2.45. The highest BCUT2D eigenvalue weighted by atomic mass is 16.6. The second-order valence-corrected chi connectivity index (χ2v) is 6.09. The number of carbonyl (C=O) groups excluding carboxylic acids is 1. The molecule has 0 radical (unpaired) electrons. The first-order valence-electron chi connectivity index (χ1n) is 7.90. The average molecular weight is 325 g/mol. The van der Waals surface area contributed by atoms with Gasteiger partial charge in [0.15, 0.2) is 0 Å². The van der Waals surface area contributed by atoms with Gasteiger partial charge in [0.2, 0.25) is 5.91 Å². The predicted octanol–water partition coefficient (Wildman–Crippen LogP) is 3.11. The van der Waals surface area contributed by atoms with E-state index in [1.165, 1.54) is 12.1 Å². The average Bonchev–Trinajstić information content (AvgIpc) is 2.55. The van der Waals surface area contributed by atoms with Crippen LogP contribution in [0.3, 0.4) is 0 Å². The lowest BCUT2D eigenvalue weighted by Crippen LogP contribution is -2.46. The summed E-state index contributed by atoms with van der Waals surface area (Å²) in [5.74, 6) is -0.0666. The van der Waals surface area contributed by atoms with Crippen LogP contribution in [0.15, 0.2) is 48.5 Å². The van der Waals surface area contributed by atoms with Crippen LogP contribution in [0.5, 0.6) is 0 Å². The van der Waals surface area contributed by atoms with Crippen molar-refractivity contribution in [1.82, 2.24) is 0 Å². The standard InChI is InChI=1S/C18H19N3O3/c19-12-13-2-6-15(7-3-13)20-17(22)18(10-1-11-18)14-4-8-16(9-5-14)21(23)24/h2-9H,1,10-12,19H2,(H,20,22). The number of nitro groups is 1. The maximum Gasteiger partial charge on any atom is 0.269 e. The number of nitro benzene ring substituents is 1. The van der Waals surface area contributed by atoms with Crippen molar-refractivity contribution in [3.63, 3.8) is 0 Å². The number of nitrogens with zero attached hydrogens (tertiary/aromatic N) is 1. The van der Waals surface area contributed by atoms with Crippen molar-refractivity contribution in [2.45, 2.75) is 31.2 Å². The molecule has 0 aliphatic heterocycles. The number of amides is 1. The summed E-state index contributed by atoms with van der Waals surface area (Å²) >= 11 is 0. The molecule has 2 aromatic carbocycles. The normalized spacial score (nSPS) is 15.4. The van der Waals surface area contributed by atoms with Gasteiger partial charge in [0.05, 0.1) is 10.3 Å². The van der Waals surface area contributed by atoms with Gasteiger partial charge in [-0.3, -0.25) is 14.9 Å². The Morgan fingerprint density at radius 3 is 2.21 bits per heavy atom. The Morgan fingerprint density at radius 2 is 1.75 bits per heavy atom. The molecule has 6 heteroatoms. The van der Waals surface area contributed by atoms with Gasteiger partial charge in [-0.1, -0.05) is 30.7 Å². The van der Waals surface area contributed by atoms with Gasteiger partial charge in [0.1, 0.15) is 0 Å². The van der Waals surface area contributed by atoms with E-state index in [1.807, 2.05) is 24.3 Å². The Morgan fingerprint density at radius 1 is 1.12 bits per heavy atom. The number of hydrogen-bond acceptors (Lipinski definition) is 4. The van der Waals surface area contributed by atoms with Crippen LogP contribution in [-0.4, -0.2) is 10.8 Å². The maximum absolute atomic E-state index is 12.8. The molecule has 1 aliphatic rings. The Labute approximate surface area is 139 Å². The fourth-order valence-corrected chi connectivity index (χ4v) is 3.05. The molecule has 1 saturated carbocycles.